The Hall–Kier alpha value is -2.40. The van der Waals surface area contributed by atoms with Gasteiger partial charge in [0, 0.05) is 37.5 Å². The van der Waals surface area contributed by atoms with Crippen LogP contribution < -0.4 is 4.74 Å². The van der Waals surface area contributed by atoms with E-state index in [1.807, 2.05) is 24.4 Å². The number of aromatic nitrogens is 1. The fourth-order valence-corrected chi connectivity index (χ4v) is 4.13. The summed E-state index contributed by atoms with van der Waals surface area (Å²) in [5.41, 5.74) is 4.59. The summed E-state index contributed by atoms with van der Waals surface area (Å²) in [6.07, 6.45) is 8.87. The molecule has 0 amide bonds. The third-order valence-corrected chi connectivity index (χ3v) is 5.55. The van der Waals surface area contributed by atoms with Gasteiger partial charge in [-0.1, -0.05) is 12.1 Å². The Bertz CT molecular complexity index is 835. The van der Waals surface area contributed by atoms with Crippen LogP contribution in [-0.4, -0.2) is 47.4 Å². The molecule has 28 heavy (non-hydrogen) atoms. The van der Waals surface area contributed by atoms with Gasteiger partial charge in [-0.2, -0.15) is 0 Å². The average molecular weight is 382 g/mol. The van der Waals surface area contributed by atoms with E-state index in [1.165, 1.54) is 16.7 Å². The number of nitrogens with zero attached hydrogens (tertiary/aromatic N) is 2. The molecule has 148 valence electrons. The second-order valence-electron chi connectivity index (χ2n) is 7.61. The highest BCUT2D eigenvalue weighted by atomic mass is 19.1. The Balaban J connectivity index is 1.45. The summed E-state index contributed by atoms with van der Waals surface area (Å²) < 4.78 is 18.4. The number of fused-ring (bicyclic) bond motifs is 1. The molecule has 1 saturated heterocycles. The van der Waals surface area contributed by atoms with E-state index >= 15 is 0 Å². The van der Waals surface area contributed by atoms with E-state index in [0.717, 1.165) is 50.9 Å². The highest BCUT2D eigenvalue weighted by molar-refractivity contribution is 5.81. The summed E-state index contributed by atoms with van der Waals surface area (Å²) in [5.74, 6) is 0.959. The van der Waals surface area contributed by atoms with Crippen LogP contribution in [0.3, 0.4) is 0 Å². The molecule has 2 aromatic rings. The van der Waals surface area contributed by atoms with Crippen molar-refractivity contribution in [3.8, 4) is 11.6 Å². The van der Waals surface area contributed by atoms with Crippen LogP contribution in [0.5, 0.6) is 11.6 Å². The van der Waals surface area contributed by atoms with Gasteiger partial charge < -0.3 is 9.84 Å². The molecule has 5 heteroatoms. The van der Waals surface area contributed by atoms with Gasteiger partial charge in [0.25, 0.3) is 0 Å². The van der Waals surface area contributed by atoms with E-state index in [1.54, 1.807) is 6.07 Å². The van der Waals surface area contributed by atoms with Gasteiger partial charge in [-0.3, -0.25) is 9.29 Å². The summed E-state index contributed by atoms with van der Waals surface area (Å²) in [7, 11) is 0. The lowest BCUT2D eigenvalue weighted by Crippen LogP contribution is -2.26. The lowest BCUT2D eigenvalue weighted by atomic mass is 9.94. The van der Waals surface area contributed by atoms with Gasteiger partial charge >= 0.3 is 0 Å². The lowest BCUT2D eigenvalue weighted by molar-refractivity contribution is 0.191. The van der Waals surface area contributed by atoms with Crippen LogP contribution in [-0.2, 0) is 6.42 Å². The zero-order chi connectivity index (χ0) is 19.3. The van der Waals surface area contributed by atoms with Gasteiger partial charge in [0.05, 0.1) is 6.67 Å². The molecular weight excluding hydrogens is 355 g/mol. The van der Waals surface area contributed by atoms with Crippen molar-refractivity contribution in [3.05, 3.63) is 59.3 Å². The topological polar surface area (TPSA) is 45.6 Å². The second-order valence-corrected chi connectivity index (χ2v) is 7.61. The van der Waals surface area contributed by atoms with E-state index in [2.05, 4.69) is 22.0 Å². The number of phenols is 1. The summed E-state index contributed by atoms with van der Waals surface area (Å²) in [4.78, 5) is 6.79. The van der Waals surface area contributed by atoms with Crippen LogP contribution in [0.25, 0.3) is 5.57 Å². The smallest absolute Gasteiger partial charge is 0.213 e. The first-order chi connectivity index (χ1) is 13.7. The third-order valence-electron chi connectivity index (χ3n) is 5.55. The monoisotopic (exact) mass is 382 g/mol. The van der Waals surface area contributed by atoms with Crippen molar-refractivity contribution >= 4 is 5.57 Å². The standard InChI is InChI=1S/C23H27FN2O2/c24-11-3-12-26-13-10-20(16-26)28-23-9-6-18(15-25-23)21-5-2-1-4-17-14-19(27)7-8-22(17)21/h5-9,14-15,20,27H,1-4,10-13,16H2. The molecule has 0 spiro atoms. The molecule has 1 fully saturated rings. The van der Waals surface area contributed by atoms with Crippen molar-refractivity contribution in [3.63, 3.8) is 0 Å². The van der Waals surface area contributed by atoms with Crippen molar-refractivity contribution < 1.29 is 14.2 Å². The predicted molar refractivity (Wildman–Crippen MR) is 108 cm³/mol. The largest absolute Gasteiger partial charge is 0.508 e. The fraction of sp³-hybridized carbons (Fsp3) is 0.435. The first-order valence-electron chi connectivity index (χ1n) is 10.2. The second kappa shape index (κ2) is 8.74. The summed E-state index contributed by atoms with van der Waals surface area (Å²) >= 11 is 0. The molecule has 1 aromatic carbocycles. The molecule has 1 atom stereocenters. The molecule has 1 unspecified atom stereocenters. The Kier molecular flexibility index (Phi) is 5.91. The van der Waals surface area contributed by atoms with Gasteiger partial charge in [0.2, 0.25) is 5.88 Å². The van der Waals surface area contributed by atoms with E-state index in [-0.39, 0.29) is 12.8 Å². The zero-order valence-corrected chi connectivity index (χ0v) is 16.1. The van der Waals surface area contributed by atoms with E-state index in [4.69, 9.17) is 4.74 Å². The Morgan fingerprint density at radius 2 is 2.18 bits per heavy atom. The van der Waals surface area contributed by atoms with Crippen molar-refractivity contribution in [2.45, 2.75) is 38.2 Å². The van der Waals surface area contributed by atoms with Crippen molar-refractivity contribution in [1.82, 2.24) is 9.88 Å². The summed E-state index contributed by atoms with van der Waals surface area (Å²) in [6, 6.07) is 9.61. The SMILES string of the molecule is Oc1ccc2c(c1)CCCC=C2c1ccc(OC2CCN(CCCF)C2)nc1. The first kappa shape index (κ1) is 18.9. The van der Waals surface area contributed by atoms with Crippen molar-refractivity contribution in [1.29, 1.82) is 0 Å². The maximum atomic E-state index is 12.3. The molecule has 2 aliphatic rings. The maximum absolute atomic E-state index is 12.3. The summed E-state index contributed by atoms with van der Waals surface area (Å²) in [5, 5.41) is 9.81. The quantitative estimate of drug-likeness (QED) is 0.806. The number of hydrogen-bond acceptors (Lipinski definition) is 4. The normalized spacial score (nSPS) is 19.8. The molecule has 0 radical (unpaired) electrons. The molecule has 2 heterocycles. The molecule has 1 aliphatic heterocycles. The Morgan fingerprint density at radius 1 is 1.25 bits per heavy atom. The number of phenolic OH excluding ortho intramolecular Hbond substituents is 1. The van der Waals surface area contributed by atoms with Crippen LogP contribution in [0, 0.1) is 0 Å². The van der Waals surface area contributed by atoms with Crippen molar-refractivity contribution in [2.24, 2.45) is 0 Å². The van der Waals surface area contributed by atoms with E-state index in [0.29, 0.717) is 18.1 Å². The maximum Gasteiger partial charge on any atom is 0.213 e. The number of benzene rings is 1. The number of halogens is 1. The highest BCUT2D eigenvalue weighted by Gasteiger charge is 2.24. The van der Waals surface area contributed by atoms with Gasteiger partial charge in [0.15, 0.2) is 0 Å². The molecule has 0 bridgehead atoms. The third kappa shape index (κ3) is 4.36. The molecule has 0 saturated carbocycles. The number of allylic oxidation sites excluding steroid dienone is 1. The number of rotatable bonds is 6. The van der Waals surface area contributed by atoms with Crippen LogP contribution >= 0.6 is 0 Å². The Labute approximate surface area is 165 Å². The number of alkyl halides is 1. The average Bonchev–Trinajstić information content (AvgIpc) is 3.04. The number of ether oxygens (including phenoxy) is 1. The Morgan fingerprint density at radius 3 is 3.00 bits per heavy atom. The number of aryl methyl sites for hydroxylation is 1. The van der Waals surface area contributed by atoms with Crippen molar-refractivity contribution in [2.75, 3.05) is 26.3 Å². The molecule has 1 aliphatic carbocycles. The fourth-order valence-electron chi connectivity index (χ4n) is 4.13. The number of pyridine rings is 1. The minimum absolute atomic E-state index is 0.124. The first-order valence-corrected chi connectivity index (χ1v) is 10.2. The molecule has 1 N–H and O–H groups in total. The van der Waals surface area contributed by atoms with Gasteiger partial charge in [-0.15, -0.1) is 0 Å². The minimum atomic E-state index is -0.260. The van der Waals surface area contributed by atoms with E-state index in [9.17, 15) is 9.50 Å². The summed E-state index contributed by atoms with van der Waals surface area (Å²) in [6.45, 7) is 2.33. The van der Waals surface area contributed by atoms with Gasteiger partial charge in [-0.25, -0.2) is 4.98 Å². The van der Waals surface area contributed by atoms with Crippen LogP contribution in [0.2, 0.25) is 0 Å². The molecule has 4 rings (SSSR count). The number of hydrogen-bond donors (Lipinski definition) is 1. The highest BCUT2D eigenvalue weighted by Crippen LogP contribution is 2.33. The van der Waals surface area contributed by atoms with Crippen LogP contribution in [0.15, 0.2) is 42.6 Å². The molecular formula is C23H27FN2O2. The van der Waals surface area contributed by atoms with E-state index < -0.39 is 0 Å². The van der Waals surface area contributed by atoms with Gasteiger partial charge in [-0.05, 0) is 67.0 Å². The van der Waals surface area contributed by atoms with Gasteiger partial charge in [0.1, 0.15) is 11.9 Å². The molecule has 4 nitrogen and oxygen atoms in total. The number of aromatic hydroxyl groups is 1. The van der Waals surface area contributed by atoms with Crippen LogP contribution in [0.1, 0.15) is 42.4 Å². The molecule has 1 aromatic heterocycles. The predicted octanol–water partition coefficient (Wildman–Crippen LogP) is 4.37. The zero-order valence-electron chi connectivity index (χ0n) is 16.1. The minimum Gasteiger partial charge on any atom is -0.508 e. The number of likely N-dealkylation sites (tertiary alicyclic amines) is 1. The lowest BCUT2D eigenvalue weighted by Gasteiger charge is -2.16. The van der Waals surface area contributed by atoms with Crippen LogP contribution in [0.4, 0.5) is 4.39 Å².